The first kappa shape index (κ1) is 20.3. The molecule has 152 valence electrons. The van der Waals surface area contributed by atoms with E-state index in [0.717, 1.165) is 15.7 Å². The molecule has 1 aliphatic rings. The van der Waals surface area contributed by atoms with Crippen LogP contribution in [0.5, 0.6) is 0 Å². The van der Waals surface area contributed by atoms with Crippen LogP contribution in [0.3, 0.4) is 0 Å². The molecule has 0 saturated carbocycles. The number of urea groups is 1. The number of amides is 4. The number of carbonyl (C=O) groups excluding carboxylic acids is 4. The molecule has 0 radical (unpaired) electrons. The lowest BCUT2D eigenvalue weighted by Gasteiger charge is -2.15. The van der Waals surface area contributed by atoms with Crippen molar-refractivity contribution in [1.82, 2.24) is 10.2 Å². The van der Waals surface area contributed by atoms with Crippen LogP contribution in [0.4, 0.5) is 10.5 Å². The van der Waals surface area contributed by atoms with Crippen LogP contribution in [-0.4, -0.2) is 47.4 Å². The summed E-state index contributed by atoms with van der Waals surface area (Å²) >= 11 is 0. The SMILES string of the molecule is CC1(C)NC(=O)N(CCCC(=O)OCC(=O)Nc2cccc3ccccc23)C1=O. The maximum Gasteiger partial charge on any atom is 0.325 e. The number of benzene rings is 2. The third kappa shape index (κ3) is 4.71. The molecule has 0 aliphatic carbocycles. The summed E-state index contributed by atoms with van der Waals surface area (Å²) in [6.45, 7) is 2.95. The van der Waals surface area contributed by atoms with Gasteiger partial charge >= 0.3 is 12.0 Å². The Morgan fingerprint density at radius 1 is 1.10 bits per heavy atom. The Morgan fingerprint density at radius 3 is 2.55 bits per heavy atom. The summed E-state index contributed by atoms with van der Waals surface area (Å²) in [7, 11) is 0. The molecule has 2 N–H and O–H groups in total. The van der Waals surface area contributed by atoms with Gasteiger partial charge in [-0.15, -0.1) is 0 Å². The molecule has 29 heavy (non-hydrogen) atoms. The summed E-state index contributed by atoms with van der Waals surface area (Å²) in [6, 6.07) is 12.7. The normalized spacial score (nSPS) is 15.3. The average molecular weight is 397 g/mol. The van der Waals surface area contributed by atoms with Crippen molar-refractivity contribution in [2.24, 2.45) is 0 Å². The Kier molecular flexibility index (Phi) is 5.81. The van der Waals surface area contributed by atoms with Crippen LogP contribution < -0.4 is 10.6 Å². The van der Waals surface area contributed by atoms with E-state index < -0.39 is 30.1 Å². The Hall–Kier alpha value is -3.42. The van der Waals surface area contributed by atoms with Crippen LogP contribution in [-0.2, 0) is 19.1 Å². The Labute approximate surface area is 168 Å². The fraction of sp³-hybridized carbons (Fsp3) is 0.333. The molecule has 4 amide bonds. The number of anilines is 1. The zero-order valence-corrected chi connectivity index (χ0v) is 16.4. The summed E-state index contributed by atoms with van der Waals surface area (Å²) in [5, 5.41) is 7.20. The number of carbonyl (C=O) groups is 4. The molecule has 0 bridgehead atoms. The molecule has 8 nitrogen and oxygen atoms in total. The van der Waals surface area contributed by atoms with E-state index in [9.17, 15) is 19.2 Å². The molecule has 1 heterocycles. The summed E-state index contributed by atoms with van der Waals surface area (Å²) in [4.78, 5) is 48.9. The second kappa shape index (κ2) is 8.30. The van der Waals surface area contributed by atoms with Crippen molar-refractivity contribution >= 4 is 40.3 Å². The van der Waals surface area contributed by atoms with Crippen LogP contribution in [0.2, 0.25) is 0 Å². The van der Waals surface area contributed by atoms with E-state index >= 15 is 0 Å². The Balaban J connectivity index is 1.43. The van der Waals surface area contributed by atoms with Crippen LogP contribution >= 0.6 is 0 Å². The first-order chi connectivity index (χ1) is 13.8. The quantitative estimate of drug-likeness (QED) is 0.552. The first-order valence-corrected chi connectivity index (χ1v) is 9.35. The zero-order valence-electron chi connectivity index (χ0n) is 16.4. The van der Waals surface area contributed by atoms with E-state index in [2.05, 4.69) is 10.6 Å². The zero-order chi connectivity index (χ0) is 21.0. The predicted molar refractivity (Wildman–Crippen MR) is 107 cm³/mol. The minimum Gasteiger partial charge on any atom is -0.456 e. The van der Waals surface area contributed by atoms with E-state index in [1.165, 1.54) is 0 Å². The van der Waals surface area contributed by atoms with E-state index in [4.69, 9.17) is 4.74 Å². The van der Waals surface area contributed by atoms with Gasteiger partial charge in [0, 0.05) is 24.0 Å². The highest BCUT2D eigenvalue weighted by Crippen LogP contribution is 2.22. The molecule has 0 aromatic heterocycles. The Morgan fingerprint density at radius 2 is 1.83 bits per heavy atom. The Bertz CT molecular complexity index is 964. The second-order valence-corrected chi connectivity index (χ2v) is 7.35. The van der Waals surface area contributed by atoms with Gasteiger partial charge in [0.25, 0.3) is 11.8 Å². The van der Waals surface area contributed by atoms with Crippen molar-refractivity contribution in [2.75, 3.05) is 18.5 Å². The van der Waals surface area contributed by atoms with Crippen LogP contribution in [0, 0.1) is 0 Å². The van der Waals surface area contributed by atoms with Gasteiger partial charge in [-0.3, -0.25) is 19.3 Å². The molecule has 1 saturated heterocycles. The van der Waals surface area contributed by atoms with Crippen LogP contribution in [0.15, 0.2) is 42.5 Å². The number of ether oxygens (including phenoxy) is 1. The summed E-state index contributed by atoms with van der Waals surface area (Å²) < 4.78 is 4.99. The molecule has 2 aromatic rings. The molecular weight excluding hydrogens is 374 g/mol. The van der Waals surface area contributed by atoms with Gasteiger partial charge in [-0.25, -0.2) is 4.79 Å². The number of fused-ring (bicyclic) bond motifs is 1. The minimum absolute atomic E-state index is 0.000956. The lowest BCUT2D eigenvalue weighted by Crippen LogP contribution is -2.40. The van der Waals surface area contributed by atoms with Gasteiger partial charge in [-0.2, -0.15) is 0 Å². The number of nitrogens with zero attached hydrogens (tertiary/aromatic N) is 1. The van der Waals surface area contributed by atoms with E-state index in [1.54, 1.807) is 19.9 Å². The second-order valence-electron chi connectivity index (χ2n) is 7.35. The smallest absolute Gasteiger partial charge is 0.325 e. The molecule has 1 aliphatic heterocycles. The number of hydrogen-bond acceptors (Lipinski definition) is 5. The monoisotopic (exact) mass is 397 g/mol. The number of nitrogens with one attached hydrogen (secondary N) is 2. The molecule has 2 aromatic carbocycles. The van der Waals surface area contributed by atoms with Crippen LogP contribution in [0.1, 0.15) is 26.7 Å². The third-order valence-corrected chi connectivity index (χ3v) is 4.63. The predicted octanol–water partition coefficient (Wildman–Crippen LogP) is 2.43. The van der Waals surface area contributed by atoms with Gasteiger partial charge in [0.05, 0.1) is 0 Å². The fourth-order valence-electron chi connectivity index (χ4n) is 3.14. The van der Waals surface area contributed by atoms with Crippen molar-refractivity contribution in [3.8, 4) is 0 Å². The number of esters is 1. The molecular formula is C21H23N3O5. The van der Waals surface area contributed by atoms with E-state index in [0.29, 0.717) is 5.69 Å². The van der Waals surface area contributed by atoms with Crippen molar-refractivity contribution in [3.63, 3.8) is 0 Å². The molecule has 1 fully saturated rings. The molecule has 0 unspecified atom stereocenters. The highest BCUT2D eigenvalue weighted by atomic mass is 16.5. The van der Waals surface area contributed by atoms with Crippen molar-refractivity contribution in [1.29, 1.82) is 0 Å². The number of imide groups is 1. The van der Waals surface area contributed by atoms with Gasteiger partial charge in [0.15, 0.2) is 6.61 Å². The van der Waals surface area contributed by atoms with Gasteiger partial charge in [-0.05, 0) is 31.7 Å². The van der Waals surface area contributed by atoms with Gasteiger partial charge in [0.2, 0.25) is 0 Å². The van der Waals surface area contributed by atoms with Gasteiger partial charge in [0.1, 0.15) is 5.54 Å². The number of rotatable bonds is 7. The molecule has 0 spiro atoms. The van der Waals surface area contributed by atoms with Gasteiger partial charge < -0.3 is 15.4 Å². The molecule has 3 rings (SSSR count). The van der Waals surface area contributed by atoms with E-state index in [1.807, 2.05) is 36.4 Å². The van der Waals surface area contributed by atoms with E-state index in [-0.39, 0.29) is 25.3 Å². The molecule has 8 heteroatoms. The highest BCUT2D eigenvalue weighted by Gasteiger charge is 2.43. The summed E-state index contributed by atoms with van der Waals surface area (Å²) in [5.41, 5.74) is -0.289. The number of hydrogen-bond donors (Lipinski definition) is 2. The third-order valence-electron chi connectivity index (χ3n) is 4.63. The maximum atomic E-state index is 12.1. The lowest BCUT2D eigenvalue weighted by atomic mass is 10.1. The topological polar surface area (TPSA) is 105 Å². The van der Waals surface area contributed by atoms with Crippen molar-refractivity contribution in [3.05, 3.63) is 42.5 Å². The largest absolute Gasteiger partial charge is 0.456 e. The lowest BCUT2D eigenvalue weighted by molar-refractivity contribution is -0.147. The maximum absolute atomic E-state index is 12.1. The van der Waals surface area contributed by atoms with Gasteiger partial charge in [-0.1, -0.05) is 36.4 Å². The van der Waals surface area contributed by atoms with Crippen LogP contribution in [0.25, 0.3) is 10.8 Å². The summed E-state index contributed by atoms with van der Waals surface area (Å²) in [6.07, 6.45) is 0.262. The first-order valence-electron chi connectivity index (χ1n) is 9.35. The summed E-state index contributed by atoms with van der Waals surface area (Å²) in [5.74, 6) is -1.33. The fourth-order valence-corrected chi connectivity index (χ4v) is 3.14. The highest BCUT2D eigenvalue weighted by molar-refractivity contribution is 6.06. The average Bonchev–Trinajstić information content (AvgIpc) is 2.88. The van der Waals surface area contributed by atoms with Crippen molar-refractivity contribution in [2.45, 2.75) is 32.2 Å². The standard InChI is InChI=1S/C21H23N3O5/c1-21(2)19(27)24(20(28)23-21)12-6-11-18(26)29-13-17(25)22-16-10-5-8-14-7-3-4-9-15(14)16/h3-5,7-10H,6,11-13H2,1-2H3,(H,22,25)(H,23,28). The molecule has 0 atom stereocenters. The van der Waals surface area contributed by atoms with Crippen molar-refractivity contribution < 1.29 is 23.9 Å². The minimum atomic E-state index is -0.933.